The number of aromatic nitrogens is 4. The van der Waals surface area contributed by atoms with Gasteiger partial charge in [0.05, 0.1) is 25.6 Å². The lowest BCUT2D eigenvalue weighted by molar-refractivity contribution is -0.121. The number of aliphatic hydroxyl groups excluding tert-OH is 2. The van der Waals surface area contributed by atoms with Crippen molar-refractivity contribution in [2.24, 2.45) is 5.73 Å². The van der Waals surface area contributed by atoms with Crippen LogP contribution in [0.5, 0.6) is 0 Å². The van der Waals surface area contributed by atoms with E-state index in [1.807, 2.05) is 0 Å². The number of amides is 1. The van der Waals surface area contributed by atoms with Crippen molar-refractivity contribution in [2.45, 2.75) is 30.9 Å². The Labute approximate surface area is 158 Å². The van der Waals surface area contributed by atoms with Crippen LogP contribution in [0.25, 0.3) is 11.2 Å². The molecule has 0 radical (unpaired) electrons. The van der Waals surface area contributed by atoms with Gasteiger partial charge in [-0.3, -0.25) is 19.0 Å². The number of anilines is 1. The normalized spacial score (nSPS) is 25.5. The monoisotopic (exact) mass is 417 g/mol. The SMILES string of the molecule is Nc1ncnc2c1ncn2[C@H]1C[C@H](O)[C@@H](COP(=O)(O)NC(=O)[C@@H](N)CO)O1. The van der Waals surface area contributed by atoms with Gasteiger partial charge in [0, 0.05) is 6.42 Å². The first-order valence-electron chi connectivity index (χ1n) is 8.14. The third-order valence-electron chi connectivity index (χ3n) is 4.10. The number of fused-ring (bicyclic) bond motifs is 1. The van der Waals surface area contributed by atoms with Crippen molar-refractivity contribution in [2.75, 3.05) is 18.9 Å². The smallest absolute Gasteiger partial charge is 0.394 e. The van der Waals surface area contributed by atoms with Gasteiger partial charge in [0.1, 0.15) is 30.2 Å². The van der Waals surface area contributed by atoms with Crippen molar-refractivity contribution in [1.82, 2.24) is 24.6 Å². The molecule has 1 aliphatic heterocycles. The van der Waals surface area contributed by atoms with Crippen LogP contribution < -0.4 is 16.6 Å². The van der Waals surface area contributed by atoms with E-state index in [9.17, 15) is 19.4 Å². The Hall–Kier alpha value is -2.19. The molecule has 1 unspecified atom stereocenters. The first kappa shape index (κ1) is 20.5. The number of hydrogen-bond donors (Lipinski definition) is 6. The Morgan fingerprint density at radius 2 is 2.25 bits per heavy atom. The zero-order valence-electron chi connectivity index (χ0n) is 14.5. The number of hydrogen-bond acceptors (Lipinski definition) is 11. The Kier molecular flexibility index (Phi) is 5.90. The average Bonchev–Trinajstić information content (AvgIpc) is 3.23. The summed E-state index contributed by atoms with van der Waals surface area (Å²) in [5, 5.41) is 20.7. The summed E-state index contributed by atoms with van der Waals surface area (Å²) in [6.45, 7) is -1.19. The highest BCUT2D eigenvalue weighted by molar-refractivity contribution is 7.51. The maximum absolute atomic E-state index is 11.9. The molecule has 0 aliphatic carbocycles. The lowest BCUT2D eigenvalue weighted by Gasteiger charge is -2.19. The molecule has 3 rings (SSSR count). The van der Waals surface area contributed by atoms with Gasteiger partial charge < -0.3 is 31.3 Å². The maximum Gasteiger partial charge on any atom is 0.432 e. The van der Waals surface area contributed by atoms with Crippen LogP contribution in [-0.2, 0) is 18.6 Å². The van der Waals surface area contributed by atoms with Crippen molar-refractivity contribution in [3.05, 3.63) is 12.7 Å². The van der Waals surface area contributed by atoms with Crippen LogP contribution in [0.4, 0.5) is 5.82 Å². The zero-order chi connectivity index (χ0) is 20.5. The Morgan fingerprint density at radius 3 is 2.96 bits per heavy atom. The summed E-state index contributed by atoms with van der Waals surface area (Å²) in [5.41, 5.74) is 11.8. The topological polar surface area (TPSA) is 221 Å². The first-order valence-corrected chi connectivity index (χ1v) is 9.72. The van der Waals surface area contributed by atoms with Gasteiger partial charge in [-0.05, 0) is 0 Å². The fraction of sp³-hybridized carbons (Fsp3) is 0.538. The number of nitrogens with zero attached hydrogens (tertiary/aromatic N) is 4. The van der Waals surface area contributed by atoms with Crippen molar-refractivity contribution < 1.29 is 33.7 Å². The number of nitrogen functional groups attached to an aromatic ring is 1. The van der Waals surface area contributed by atoms with Crippen LogP contribution in [0.3, 0.4) is 0 Å². The van der Waals surface area contributed by atoms with Gasteiger partial charge in [-0.15, -0.1) is 0 Å². The molecule has 5 atom stereocenters. The highest BCUT2D eigenvalue weighted by atomic mass is 31.2. The lowest BCUT2D eigenvalue weighted by Crippen LogP contribution is -2.42. The zero-order valence-corrected chi connectivity index (χ0v) is 15.3. The van der Waals surface area contributed by atoms with Crippen LogP contribution in [0.2, 0.25) is 0 Å². The molecular weight excluding hydrogens is 397 g/mol. The number of nitrogens with two attached hydrogens (primary N) is 2. The molecule has 2 aromatic heterocycles. The molecule has 1 fully saturated rings. The maximum atomic E-state index is 11.9. The minimum Gasteiger partial charge on any atom is -0.394 e. The van der Waals surface area contributed by atoms with E-state index in [1.165, 1.54) is 12.7 Å². The molecule has 154 valence electrons. The number of nitrogens with one attached hydrogen (secondary N) is 1. The highest BCUT2D eigenvalue weighted by Crippen LogP contribution is 2.39. The molecule has 1 aliphatic rings. The minimum absolute atomic E-state index is 0.140. The lowest BCUT2D eigenvalue weighted by atomic mass is 10.2. The summed E-state index contributed by atoms with van der Waals surface area (Å²) < 4.78 is 23.9. The molecule has 1 amide bonds. The predicted octanol–water partition coefficient (Wildman–Crippen LogP) is -2.39. The van der Waals surface area contributed by atoms with Gasteiger partial charge in [-0.25, -0.2) is 19.5 Å². The van der Waals surface area contributed by atoms with Gasteiger partial charge >= 0.3 is 7.75 Å². The van der Waals surface area contributed by atoms with E-state index in [-0.39, 0.29) is 12.2 Å². The molecule has 2 aromatic rings. The standard InChI is InChI=1S/C13H20N7O7P/c14-6(2-21)13(23)19-28(24,25)26-3-8-7(22)1-9(27-8)20-5-18-10-11(15)16-4-17-12(10)20/h4-9,21-22H,1-3,14H2,(H2,15,16,17)(H2,19,23,24,25)/t6-,7-,8+,9+/m0/s1. The van der Waals surface area contributed by atoms with Gasteiger partial charge in [-0.1, -0.05) is 0 Å². The van der Waals surface area contributed by atoms with E-state index in [2.05, 4.69) is 15.0 Å². The molecule has 14 nitrogen and oxygen atoms in total. The summed E-state index contributed by atoms with van der Waals surface area (Å²) in [5.74, 6) is -0.860. The van der Waals surface area contributed by atoms with Crippen molar-refractivity contribution in [1.29, 1.82) is 0 Å². The number of ether oxygens (including phenoxy) is 1. The van der Waals surface area contributed by atoms with Gasteiger partial charge in [0.25, 0.3) is 0 Å². The molecule has 8 N–H and O–H groups in total. The van der Waals surface area contributed by atoms with Crippen LogP contribution in [-0.4, -0.2) is 72.0 Å². The number of imidazole rings is 1. The summed E-state index contributed by atoms with van der Waals surface area (Å²) >= 11 is 0. The van der Waals surface area contributed by atoms with Crippen molar-refractivity contribution in [3.63, 3.8) is 0 Å². The second-order valence-electron chi connectivity index (χ2n) is 6.10. The Bertz CT molecular complexity index is 908. The van der Waals surface area contributed by atoms with Crippen LogP contribution in [0.15, 0.2) is 12.7 Å². The third kappa shape index (κ3) is 4.28. The van der Waals surface area contributed by atoms with Crippen LogP contribution in [0.1, 0.15) is 12.6 Å². The molecule has 28 heavy (non-hydrogen) atoms. The van der Waals surface area contributed by atoms with Gasteiger partial charge in [-0.2, -0.15) is 0 Å². The summed E-state index contributed by atoms with van der Waals surface area (Å²) in [6.07, 6.45) is 0.204. The second-order valence-corrected chi connectivity index (χ2v) is 7.62. The van der Waals surface area contributed by atoms with Crippen molar-refractivity contribution >= 4 is 30.6 Å². The third-order valence-corrected chi connectivity index (χ3v) is 5.10. The quantitative estimate of drug-likeness (QED) is 0.260. The predicted molar refractivity (Wildman–Crippen MR) is 93.3 cm³/mol. The van der Waals surface area contributed by atoms with E-state index in [1.54, 1.807) is 9.65 Å². The van der Waals surface area contributed by atoms with Crippen LogP contribution >= 0.6 is 7.75 Å². The number of carbonyl (C=O) groups is 1. The number of rotatable bonds is 7. The van der Waals surface area contributed by atoms with E-state index in [0.29, 0.717) is 11.2 Å². The average molecular weight is 417 g/mol. The highest BCUT2D eigenvalue weighted by Gasteiger charge is 2.38. The first-order chi connectivity index (χ1) is 13.2. The largest absolute Gasteiger partial charge is 0.432 e. The Balaban J connectivity index is 1.63. The Morgan fingerprint density at radius 1 is 1.50 bits per heavy atom. The molecule has 1 saturated heterocycles. The molecule has 0 bridgehead atoms. The van der Waals surface area contributed by atoms with E-state index < -0.39 is 51.3 Å². The minimum atomic E-state index is -4.56. The molecular formula is C13H20N7O7P. The van der Waals surface area contributed by atoms with E-state index >= 15 is 0 Å². The van der Waals surface area contributed by atoms with E-state index in [4.69, 9.17) is 25.8 Å². The molecule has 0 aromatic carbocycles. The molecule has 3 heterocycles. The summed E-state index contributed by atoms with van der Waals surface area (Å²) in [7, 11) is -4.56. The number of carbonyl (C=O) groups excluding carboxylic acids is 1. The fourth-order valence-corrected chi connectivity index (χ4v) is 3.49. The van der Waals surface area contributed by atoms with Crippen molar-refractivity contribution in [3.8, 4) is 0 Å². The van der Waals surface area contributed by atoms with Gasteiger partial charge in [0.2, 0.25) is 5.91 Å². The van der Waals surface area contributed by atoms with E-state index in [0.717, 1.165) is 0 Å². The van der Waals surface area contributed by atoms with Gasteiger partial charge in [0.15, 0.2) is 11.5 Å². The summed E-state index contributed by atoms with van der Waals surface area (Å²) in [4.78, 5) is 33.2. The molecule has 15 heteroatoms. The summed E-state index contributed by atoms with van der Waals surface area (Å²) in [6, 6.07) is -1.37. The fourth-order valence-electron chi connectivity index (χ4n) is 2.63. The molecule has 0 spiro atoms. The van der Waals surface area contributed by atoms with Crippen LogP contribution in [0, 0.1) is 0 Å². The second kappa shape index (κ2) is 8.05. The molecule has 0 saturated carbocycles. The number of aliphatic hydroxyl groups is 2.